The fourth-order valence-electron chi connectivity index (χ4n) is 5.14. The lowest BCUT2D eigenvalue weighted by atomic mass is 9.95. The van der Waals surface area contributed by atoms with E-state index in [-0.39, 0.29) is 18.1 Å². The number of phenolic OH excluding ortho intramolecular Hbond substituents is 2. The SMILES string of the molecule is COC(=O)CCCCCCCCO[C@@H]1OC(CO)[C@@H](O)C(OC2OC(CO)[C@H](O)C(O)C2O)C1NC(=O)c1ccc(O)c(O)c1. The Bertz CT molecular complexity index is 1070. The third-order valence-electron chi connectivity index (χ3n) is 7.81. The summed E-state index contributed by atoms with van der Waals surface area (Å²) in [5.41, 5.74) is -0.0818. The highest BCUT2D eigenvalue weighted by molar-refractivity contribution is 5.95. The number of methoxy groups -OCH3 is 1. The molecule has 256 valence electrons. The van der Waals surface area contributed by atoms with E-state index in [0.717, 1.165) is 44.2 Å². The van der Waals surface area contributed by atoms with Crippen molar-refractivity contribution in [3.05, 3.63) is 23.8 Å². The molecule has 3 rings (SSSR count). The monoisotopic (exact) mass is 647 g/mol. The van der Waals surface area contributed by atoms with Gasteiger partial charge >= 0.3 is 5.97 Å². The fraction of sp³-hybridized carbons (Fsp3) is 0.724. The molecule has 9 N–H and O–H groups in total. The first-order chi connectivity index (χ1) is 21.5. The van der Waals surface area contributed by atoms with Crippen molar-refractivity contribution in [1.29, 1.82) is 0 Å². The Kier molecular flexibility index (Phi) is 14.6. The summed E-state index contributed by atoms with van der Waals surface area (Å²) in [6, 6.07) is 2.02. The van der Waals surface area contributed by atoms with Crippen LogP contribution >= 0.6 is 0 Å². The number of hydrogen-bond donors (Lipinski definition) is 9. The van der Waals surface area contributed by atoms with Gasteiger partial charge in [-0.3, -0.25) is 9.59 Å². The zero-order chi connectivity index (χ0) is 33.1. The van der Waals surface area contributed by atoms with E-state index in [1.54, 1.807) is 0 Å². The predicted molar refractivity (Wildman–Crippen MR) is 152 cm³/mol. The topological polar surface area (TPSA) is 254 Å². The number of esters is 1. The van der Waals surface area contributed by atoms with Gasteiger partial charge in [0.15, 0.2) is 24.1 Å². The third-order valence-corrected chi connectivity index (χ3v) is 7.81. The molecule has 10 atom stereocenters. The molecule has 16 heteroatoms. The number of aromatic hydroxyl groups is 2. The van der Waals surface area contributed by atoms with Crippen LogP contribution in [-0.2, 0) is 28.5 Å². The highest BCUT2D eigenvalue weighted by atomic mass is 16.7. The van der Waals surface area contributed by atoms with Crippen molar-refractivity contribution in [3.8, 4) is 11.5 Å². The largest absolute Gasteiger partial charge is 0.504 e. The number of carbonyl (C=O) groups is 2. The van der Waals surface area contributed by atoms with Crippen molar-refractivity contribution in [2.75, 3.05) is 26.9 Å². The highest BCUT2D eigenvalue weighted by Gasteiger charge is 2.51. The van der Waals surface area contributed by atoms with Crippen molar-refractivity contribution in [2.24, 2.45) is 0 Å². The summed E-state index contributed by atoms with van der Waals surface area (Å²) in [5.74, 6) is -2.06. The highest BCUT2D eigenvalue weighted by Crippen LogP contribution is 2.31. The molecule has 1 aromatic rings. The first-order valence-corrected chi connectivity index (χ1v) is 14.9. The second kappa shape index (κ2) is 17.9. The average Bonchev–Trinajstić information content (AvgIpc) is 3.03. The lowest BCUT2D eigenvalue weighted by Gasteiger charge is -2.47. The minimum absolute atomic E-state index is 0.0818. The van der Waals surface area contributed by atoms with Crippen LogP contribution in [0.4, 0.5) is 0 Å². The number of carbonyl (C=O) groups excluding carboxylic acids is 2. The molecule has 0 saturated carbocycles. The summed E-state index contributed by atoms with van der Waals surface area (Å²) in [5, 5.41) is 83.6. The van der Waals surface area contributed by atoms with Crippen LogP contribution in [0.5, 0.6) is 11.5 Å². The molecular weight excluding hydrogens is 602 g/mol. The van der Waals surface area contributed by atoms with Gasteiger partial charge in [-0.25, -0.2) is 0 Å². The summed E-state index contributed by atoms with van der Waals surface area (Å²) in [4.78, 5) is 24.4. The maximum absolute atomic E-state index is 13.2. The summed E-state index contributed by atoms with van der Waals surface area (Å²) < 4.78 is 27.6. The number of aliphatic hydroxyl groups is 6. The summed E-state index contributed by atoms with van der Waals surface area (Å²) >= 11 is 0. The number of nitrogens with one attached hydrogen (secondary N) is 1. The van der Waals surface area contributed by atoms with E-state index >= 15 is 0 Å². The standard InChI is InChI=1S/C29H45NO15/c1-41-20(35)8-6-4-2-3-5-7-11-42-28-21(30-27(40)15-9-10-16(33)17(34)12-15)26(23(37)19(14-32)43-28)45-29-25(39)24(38)22(36)18(13-31)44-29/h9-10,12,18-19,21-26,28-29,31-34,36-39H,2-8,11,13-14H2,1H3,(H,30,40)/t18?,19?,21?,22-,23+,24?,25?,26?,28+,29?/m0/s1. The molecule has 2 saturated heterocycles. The molecule has 0 radical (unpaired) electrons. The lowest BCUT2D eigenvalue weighted by Crippen LogP contribution is -2.68. The van der Waals surface area contributed by atoms with E-state index in [1.165, 1.54) is 13.2 Å². The van der Waals surface area contributed by atoms with E-state index < -0.39 is 92.0 Å². The fourth-order valence-corrected chi connectivity index (χ4v) is 5.14. The number of hydrogen-bond acceptors (Lipinski definition) is 15. The summed E-state index contributed by atoms with van der Waals surface area (Å²) in [7, 11) is 1.35. The minimum Gasteiger partial charge on any atom is -0.504 e. The van der Waals surface area contributed by atoms with Gasteiger partial charge in [0.1, 0.15) is 48.8 Å². The zero-order valence-electron chi connectivity index (χ0n) is 25.0. The number of benzene rings is 1. The van der Waals surface area contributed by atoms with E-state index in [2.05, 4.69) is 10.1 Å². The molecule has 45 heavy (non-hydrogen) atoms. The minimum atomic E-state index is -1.83. The summed E-state index contributed by atoms with van der Waals surface area (Å²) in [6.07, 6.45) is -8.97. The molecule has 1 aromatic carbocycles. The molecule has 0 bridgehead atoms. The first-order valence-electron chi connectivity index (χ1n) is 14.9. The summed E-state index contributed by atoms with van der Waals surface area (Å²) in [6.45, 7) is -1.28. The number of unbranched alkanes of at least 4 members (excludes halogenated alkanes) is 5. The van der Waals surface area contributed by atoms with Gasteiger partial charge in [0.25, 0.3) is 5.91 Å². The van der Waals surface area contributed by atoms with Crippen LogP contribution in [0.2, 0.25) is 0 Å². The van der Waals surface area contributed by atoms with Crippen molar-refractivity contribution in [3.63, 3.8) is 0 Å². The van der Waals surface area contributed by atoms with Crippen LogP contribution in [0, 0.1) is 0 Å². The lowest BCUT2D eigenvalue weighted by molar-refractivity contribution is -0.344. The molecule has 2 aliphatic rings. The van der Waals surface area contributed by atoms with Crippen molar-refractivity contribution < 1.29 is 74.1 Å². The van der Waals surface area contributed by atoms with Gasteiger partial charge in [-0.2, -0.15) is 0 Å². The Hall–Kier alpha value is -2.64. The van der Waals surface area contributed by atoms with E-state index in [0.29, 0.717) is 12.8 Å². The second-order valence-electron chi connectivity index (χ2n) is 11.0. The molecule has 16 nitrogen and oxygen atoms in total. The average molecular weight is 648 g/mol. The van der Waals surface area contributed by atoms with Crippen molar-refractivity contribution >= 4 is 11.9 Å². The van der Waals surface area contributed by atoms with Crippen LogP contribution in [0.15, 0.2) is 18.2 Å². The normalized spacial score (nSPS) is 31.8. The Labute approximate surface area is 260 Å². The van der Waals surface area contributed by atoms with Crippen LogP contribution < -0.4 is 5.32 Å². The van der Waals surface area contributed by atoms with Crippen molar-refractivity contribution in [2.45, 2.75) is 106 Å². The smallest absolute Gasteiger partial charge is 0.305 e. The maximum atomic E-state index is 13.2. The molecule has 2 heterocycles. The molecule has 2 aliphatic heterocycles. The molecule has 0 spiro atoms. The van der Waals surface area contributed by atoms with Gasteiger partial charge in [0.05, 0.1) is 20.3 Å². The molecular formula is C29H45NO15. The number of ether oxygens (including phenoxy) is 5. The molecule has 0 aromatic heterocycles. The van der Waals surface area contributed by atoms with E-state index in [4.69, 9.17) is 18.9 Å². The number of phenols is 2. The van der Waals surface area contributed by atoms with Gasteiger partial charge in [0.2, 0.25) is 0 Å². The van der Waals surface area contributed by atoms with Crippen LogP contribution in [0.1, 0.15) is 55.3 Å². The predicted octanol–water partition coefficient (Wildman–Crippen LogP) is -1.62. The quantitative estimate of drug-likeness (QED) is 0.0555. The number of rotatable bonds is 16. The van der Waals surface area contributed by atoms with Gasteiger partial charge in [0, 0.05) is 18.6 Å². The number of amides is 1. The Morgan fingerprint density at radius 3 is 2.07 bits per heavy atom. The second-order valence-corrected chi connectivity index (χ2v) is 11.0. The zero-order valence-corrected chi connectivity index (χ0v) is 25.0. The maximum Gasteiger partial charge on any atom is 0.305 e. The Balaban J connectivity index is 1.74. The van der Waals surface area contributed by atoms with Crippen LogP contribution in [-0.4, -0.2) is 141 Å². The van der Waals surface area contributed by atoms with Gasteiger partial charge in [-0.1, -0.05) is 25.7 Å². The molecule has 1 amide bonds. The van der Waals surface area contributed by atoms with Crippen molar-refractivity contribution in [1.82, 2.24) is 5.32 Å². The van der Waals surface area contributed by atoms with Crippen LogP contribution in [0.25, 0.3) is 0 Å². The first kappa shape index (κ1) is 36.8. The third kappa shape index (κ3) is 9.92. The van der Waals surface area contributed by atoms with E-state index in [1.807, 2.05) is 0 Å². The molecule has 2 fully saturated rings. The molecule has 7 unspecified atom stereocenters. The van der Waals surface area contributed by atoms with Gasteiger partial charge < -0.3 is 69.9 Å². The van der Waals surface area contributed by atoms with Gasteiger partial charge in [-0.05, 0) is 31.0 Å². The Morgan fingerprint density at radius 1 is 0.800 bits per heavy atom. The van der Waals surface area contributed by atoms with Gasteiger partial charge in [-0.15, -0.1) is 0 Å². The number of aliphatic hydroxyl groups excluding tert-OH is 6. The Morgan fingerprint density at radius 2 is 1.42 bits per heavy atom. The van der Waals surface area contributed by atoms with Crippen LogP contribution in [0.3, 0.4) is 0 Å². The van der Waals surface area contributed by atoms with E-state index in [9.17, 15) is 50.4 Å². The molecule has 0 aliphatic carbocycles.